The number of nitrogens with two attached hydrogens (primary N) is 1. The van der Waals surface area contributed by atoms with Crippen molar-refractivity contribution in [3.8, 4) is 0 Å². The summed E-state index contributed by atoms with van der Waals surface area (Å²) in [6.07, 6.45) is 4.28. The number of hydrogen-bond acceptors (Lipinski definition) is 4. The van der Waals surface area contributed by atoms with Gasteiger partial charge in [0, 0.05) is 18.2 Å². The molecule has 6 heteroatoms. The molecular formula is C15H21FN2O3. The first kappa shape index (κ1) is 15.7. The van der Waals surface area contributed by atoms with E-state index >= 15 is 0 Å². The van der Waals surface area contributed by atoms with Crippen molar-refractivity contribution in [3.05, 3.63) is 35.1 Å². The highest BCUT2D eigenvalue weighted by molar-refractivity contribution is 5.97. The number of hydrogen-bond donors (Lipinski definition) is 2. The molecule has 1 aromatic rings. The van der Waals surface area contributed by atoms with Crippen molar-refractivity contribution < 1.29 is 19.1 Å². The van der Waals surface area contributed by atoms with Crippen LogP contribution in [-0.4, -0.2) is 30.4 Å². The van der Waals surface area contributed by atoms with E-state index in [1.165, 1.54) is 6.07 Å². The van der Waals surface area contributed by atoms with Crippen LogP contribution in [0.3, 0.4) is 0 Å². The summed E-state index contributed by atoms with van der Waals surface area (Å²) in [6, 6.07) is 4.45. The average Bonchev–Trinajstić information content (AvgIpc) is 2.53. The number of amidine groups is 1. The van der Waals surface area contributed by atoms with Crippen molar-refractivity contribution in [2.45, 2.75) is 44.5 Å². The first-order valence-corrected chi connectivity index (χ1v) is 7.04. The smallest absolute Gasteiger partial charge is 0.170 e. The molecule has 0 aliphatic heterocycles. The first-order valence-electron chi connectivity index (χ1n) is 7.04. The molecule has 0 saturated heterocycles. The Balaban J connectivity index is 1.94. The van der Waals surface area contributed by atoms with Gasteiger partial charge in [0.05, 0.1) is 18.8 Å². The van der Waals surface area contributed by atoms with E-state index in [0.29, 0.717) is 11.1 Å². The Morgan fingerprint density at radius 1 is 1.43 bits per heavy atom. The van der Waals surface area contributed by atoms with Crippen LogP contribution in [-0.2, 0) is 16.1 Å². The zero-order valence-electron chi connectivity index (χ0n) is 12.1. The molecule has 0 spiro atoms. The molecule has 1 aliphatic carbocycles. The fourth-order valence-electron chi connectivity index (χ4n) is 2.56. The Labute approximate surface area is 123 Å². The highest BCUT2D eigenvalue weighted by Crippen LogP contribution is 2.24. The molecule has 1 saturated carbocycles. The molecular weight excluding hydrogens is 275 g/mol. The fourth-order valence-corrected chi connectivity index (χ4v) is 2.56. The third-order valence-electron chi connectivity index (χ3n) is 3.84. The van der Waals surface area contributed by atoms with Gasteiger partial charge in [-0.1, -0.05) is 17.3 Å². The van der Waals surface area contributed by atoms with Gasteiger partial charge in [0.25, 0.3) is 0 Å². The molecule has 0 radical (unpaired) electrons. The molecule has 116 valence electrons. The van der Waals surface area contributed by atoms with Crippen molar-refractivity contribution in [2.75, 3.05) is 7.11 Å². The monoisotopic (exact) mass is 296 g/mol. The van der Waals surface area contributed by atoms with E-state index in [1.54, 1.807) is 19.2 Å². The number of nitrogens with zero attached hydrogens (tertiary/aromatic N) is 1. The summed E-state index contributed by atoms with van der Waals surface area (Å²) in [6.45, 7) is 0.212. The van der Waals surface area contributed by atoms with Crippen LogP contribution in [0.15, 0.2) is 23.4 Å². The van der Waals surface area contributed by atoms with E-state index in [1.807, 2.05) is 0 Å². The Morgan fingerprint density at radius 3 is 2.86 bits per heavy atom. The largest absolute Gasteiger partial charge is 0.409 e. The highest BCUT2D eigenvalue weighted by Gasteiger charge is 2.22. The van der Waals surface area contributed by atoms with Crippen LogP contribution in [0.1, 0.15) is 36.8 Å². The first-order chi connectivity index (χ1) is 10.1. The van der Waals surface area contributed by atoms with Gasteiger partial charge in [-0.25, -0.2) is 4.39 Å². The van der Waals surface area contributed by atoms with Gasteiger partial charge < -0.3 is 20.4 Å². The van der Waals surface area contributed by atoms with Gasteiger partial charge in [-0.3, -0.25) is 0 Å². The second-order valence-corrected chi connectivity index (χ2v) is 5.25. The van der Waals surface area contributed by atoms with E-state index in [0.717, 1.165) is 25.7 Å². The molecule has 1 fully saturated rings. The summed E-state index contributed by atoms with van der Waals surface area (Å²) in [7, 11) is 1.71. The lowest BCUT2D eigenvalue weighted by atomic mass is 9.95. The topological polar surface area (TPSA) is 77.1 Å². The summed E-state index contributed by atoms with van der Waals surface area (Å²) in [5.74, 6) is -0.533. The minimum absolute atomic E-state index is 0.104. The number of benzene rings is 1. The Morgan fingerprint density at radius 2 is 2.19 bits per heavy atom. The lowest BCUT2D eigenvalue weighted by Crippen LogP contribution is -2.27. The molecule has 2 rings (SSSR count). The van der Waals surface area contributed by atoms with Crippen LogP contribution in [0, 0.1) is 5.82 Å². The Kier molecular flexibility index (Phi) is 5.52. The lowest BCUT2D eigenvalue weighted by Gasteiger charge is -2.28. The number of ether oxygens (including phenoxy) is 2. The van der Waals surface area contributed by atoms with Crippen LogP contribution < -0.4 is 5.73 Å². The van der Waals surface area contributed by atoms with Crippen LogP contribution in [0.25, 0.3) is 0 Å². The van der Waals surface area contributed by atoms with Gasteiger partial charge in [-0.05, 0) is 31.7 Å². The minimum atomic E-state index is -0.418. The highest BCUT2D eigenvalue weighted by atomic mass is 19.1. The van der Waals surface area contributed by atoms with Gasteiger partial charge in [0.2, 0.25) is 0 Å². The van der Waals surface area contributed by atoms with Gasteiger partial charge in [-0.15, -0.1) is 0 Å². The number of halogens is 1. The van der Waals surface area contributed by atoms with Gasteiger partial charge in [0.15, 0.2) is 5.84 Å². The minimum Gasteiger partial charge on any atom is -0.409 e. The fraction of sp³-hybridized carbons (Fsp3) is 0.533. The van der Waals surface area contributed by atoms with Crippen LogP contribution in [0.4, 0.5) is 4.39 Å². The average molecular weight is 296 g/mol. The maximum atomic E-state index is 13.9. The second-order valence-electron chi connectivity index (χ2n) is 5.25. The molecule has 5 nitrogen and oxygen atoms in total. The molecule has 1 aromatic carbocycles. The van der Waals surface area contributed by atoms with Crippen molar-refractivity contribution >= 4 is 5.84 Å². The van der Waals surface area contributed by atoms with E-state index in [-0.39, 0.29) is 24.7 Å². The third kappa shape index (κ3) is 4.15. The third-order valence-corrected chi connectivity index (χ3v) is 3.84. The molecule has 2 atom stereocenters. The van der Waals surface area contributed by atoms with Crippen LogP contribution in [0.2, 0.25) is 0 Å². The summed E-state index contributed by atoms with van der Waals surface area (Å²) in [5, 5.41) is 11.4. The van der Waals surface area contributed by atoms with E-state index in [2.05, 4.69) is 5.16 Å². The standard InChI is InChI=1S/C15H21FN2O3/c1-20-12-3-2-4-13(8-12)21-9-11-6-5-10(7-14(11)16)15(17)18-19/h5-7,12-13,19H,2-4,8-9H2,1H3,(H2,17,18). The summed E-state index contributed by atoms with van der Waals surface area (Å²) < 4.78 is 25.1. The molecule has 21 heavy (non-hydrogen) atoms. The zero-order chi connectivity index (χ0) is 15.2. The molecule has 0 amide bonds. The van der Waals surface area contributed by atoms with Crippen molar-refractivity contribution in [2.24, 2.45) is 10.9 Å². The van der Waals surface area contributed by atoms with Gasteiger partial charge in [-0.2, -0.15) is 0 Å². The van der Waals surface area contributed by atoms with E-state index < -0.39 is 5.82 Å². The second kappa shape index (κ2) is 7.38. The van der Waals surface area contributed by atoms with Gasteiger partial charge in [0.1, 0.15) is 5.82 Å². The van der Waals surface area contributed by atoms with Gasteiger partial charge >= 0.3 is 0 Å². The number of methoxy groups -OCH3 is 1. The number of oxime groups is 1. The SMILES string of the molecule is COC1CCCC(OCc2ccc(C(N)=NO)cc2F)C1. The maximum absolute atomic E-state index is 13.9. The zero-order valence-corrected chi connectivity index (χ0v) is 12.1. The normalized spacial score (nSPS) is 23.2. The quantitative estimate of drug-likeness (QED) is 0.378. The van der Waals surface area contributed by atoms with Crippen molar-refractivity contribution in [1.29, 1.82) is 0 Å². The molecule has 3 N–H and O–H groups in total. The van der Waals surface area contributed by atoms with E-state index in [9.17, 15) is 4.39 Å². The predicted molar refractivity (Wildman–Crippen MR) is 76.8 cm³/mol. The summed E-state index contributed by atoms with van der Waals surface area (Å²) >= 11 is 0. The van der Waals surface area contributed by atoms with Crippen molar-refractivity contribution in [3.63, 3.8) is 0 Å². The Hall–Kier alpha value is -1.66. The predicted octanol–water partition coefficient (Wildman–Crippen LogP) is 2.39. The lowest BCUT2D eigenvalue weighted by molar-refractivity contribution is -0.0369. The summed E-state index contributed by atoms with van der Waals surface area (Å²) in [4.78, 5) is 0. The molecule has 2 unspecified atom stereocenters. The molecule has 0 heterocycles. The molecule has 0 aromatic heterocycles. The molecule has 0 bridgehead atoms. The summed E-state index contributed by atoms with van der Waals surface area (Å²) in [5.41, 5.74) is 6.23. The Bertz CT molecular complexity index is 508. The van der Waals surface area contributed by atoms with Crippen LogP contribution in [0.5, 0.6) is 0 Å². The van der Waals surface area contributed by atoms with Crippen molar-refractivity contribution in [1.82, 2.24) is 0 Å². The number of rotatable bonds is 5. The van der Waals surface area contributed by atoms with Crippen LogP contribution >= 0.6 is 0 Å². The maximum Gasteiger partial charge on any atom is 0.170 e. The van der Waals surface area contributed by atoms with E-state index in [4.69, 9.17) is 20.4 Å². The molecule has 1 aliphatic rings.